The first-order valence-corrected chi connectivity index (χ1v) is 4.64. The molecule has 2 aromatic rings. The van der Waals surface area contributed by atoms with Gasteiger partial charge in [-0.1, -0.05) is 18.2 Å². The number of hydrogen-bond donors (Lipinski definition) is 2. The Bertz CT molecular complexity index is 522. The van der Waals surface area contributed by atoms with Crippen molar-refractivity contribution in [3.63, 3.8) is 0 Å². The van der Waals surface area contributed by atoms with E-state index in [1.807, 2.05) is 37.3 Å². The highest BCUT2D eigenvalue weighted by molar-refractivity contribution is 5.82. The fourth-order valence-corrected chi connectivity index (χ4v) is 1.26. The number of aryl methyl sites for hydroxylation is 1. The second-order valence-corrected chi connectivity index (χ2v) is 3.21. The molecule has 0 aliphatic rings. The Labute approximate surface area is 86.7 Å². The van der Waals surface area contributed by atoms with E-state index in [1.165, 1.54) is 0 Å². The molecule has 0 aliphatic heterocycles. The van der Waals surface area contributed by atoms with E-state index >= 15 is 0 Å². The summed E-state index contributed by atoms with van der Waals surface area (Å²) in [6, 6.07) is 9.49. The van der Waals surface area contributed by atoms with Crippen molar-refractivity contribution in [2.45, 2.75) is 6.92 Å². The average molecular weight is 201 g/mol. The maximum atomic E-state index is 11.3. The quantitative estimate of drug-likeness (QED) is 0.714. The monoisotopic (exact) mass is 201 g/mol. The summed E-state index contributed by atoms with van der Waals surface area (Å²) in [5, 5.41) is 5.25. The summed E-state index contributed by atoms with van der Waals surface area (Å²) < 4.78 is 0. The molecule has 0 amide bonds. The minimum absolute atomic E-state index is 0.146. The molecule has 4 nitrogen and oxygen atoms in total. The van der Waals surface area contributed by atoms with Gasteiger partial charge in [-0.3, -0.25) is 14.9 Å². The van der Waals surface area contributed by atoms with Crippen molar-refractivity contribution >= 4 is 11.9 Å². The van der Waals surface area contributed by atoms with Crippen LogP contribution in [0.5, 0.6) is 0 Å². The van der Waals surface area contributed by atoms with Crippen LogP contribution in [0, 0.1) is 6.92 Å². The van der Waals surface area contributed by atoms with Crippen molar-refractivity contribution in [2.75, 3.05) is 0 Å². The largest absolute Gasteiger partial charge is 0.302 e. The van der Waals surface area contributed by atoms with E-state index in [0.717, 1.165) is 11.4 Å². The molecule has 0 fully saturated rings. The molecule has 0 aliphatic carbocycles. The lowest BCUT2D eigenvalue weighted by Crippen LogP contribution is -2.04. The molecule has 0 bridgehead atoms. The lowest BCUT2D eigenvalue weighted by Gasteiger charge is -1.90. The third-order valence-corrected chi connectivity index (χ3v) is 2.11. The Hall–Kier alpha value is -2.10. The van der Waals surface area contributed by atoms with Gasteiger partial charge in [0.25, 0.3) is 5.56 Å². The van der Waals surface area contributed by atoms with Gasteiger partial charge in [-0.15, -0.1) is 0 Å². The highest BCUT2D eigenvalue weighted by Crippen LogP contribution is 2.09. The molecule has 0 atom stereocenters. The Kier molecular flexibility index (Phi) is 2.49. The molecule has 1 heterocycles. The molecule has 0 radical (unpaired) electrons. The fraction of sp³-hybridized carbons (Fsp3) is 0.0909. The third-order valence-electron chi connectivity index (χ3n) is 2.11. The zero-order valence-corrected chi connectivity index (χ0v) is 8.32. The van der Waals surface area contributed by atoms with Gasteiger partial charge in [-0.25, -0.2) is 0 Å². The molecule has 2 rings (SSSR count). The van der Waals surface area contributed by atoms with Crippen LogP contribution < -0.4 is 5.56 Å². The van der Waals surface area contributed by atoms with Gasteiger partial charge in [0, 0.05) is 11.9 Å². The standard InChI is InChI=1S/C11H11N3O/c1-8-10(11(15)14-13-8)7-12-9-5-3-2-4-6-9/h2-7H,1H3,(H2,13,14,15). The molecule has 76 valence electrons. The van der Waals surface area contributed by atoms with Gasteiger partial charge < -0.3 is 5.10 Å². The van der Waals surface area contributed by atoms with Crippen LogP contribution in [0.4, 0.5) is 5.69 Å². The van der Waals surface area contributed by atoms with Crippen LogP contribution in [0.1, 0.15) is 11.3 Å². The second kappa shape index (κ2) is 3.96. The van der Waals surface area contributed by atoms with Crippen LogP contribution >= 0.6 is 0 Å². The Balaban J connectivity index is 2.30. The van der Waals surface area contributed by atoms with E-state index in [1.54, 1.807) is 6.21 Å². The van der Waals surface area contributed by atoms with Gasteiger partial charge in [-0.05, 0) is 19.1 Å². The number of hydrogen-bond acceptors (Lipinski definition) is 2. The zero-order chi connectivity index (χ0) is 10.7. The van der Waals surface area contributed by atoms with Gasteiger partial charge in [0.15, 0.2) is 0 Å². The van der Waals surface area contributed by atoms with Crippen molar-refractivity contribution < 1.29 is 0 Å². The van der Waals surface area contributed by atoms with E-state index < -0.39 is 0 Å². The summed E-state index contributed by atoms with van der Waals surface area (Å²) in [6.07, 6.45) is 1.57. The molecular weight excluding hydrogens is 190 g/mol. The van der Waals surface area contributed by atoms with Gasteiger partial charge in [0.05, 0.1) is 11.3 Å². The van der Waals surface area contributed by atoms with Crippen molar-refractivity contribution in [1.29, 1.82) is 0 Å². The minimum atomic E-state index is -0.146. The van der Waals surface area contributed by atoms with Crippen molar-refractivity contribution in [1.82, 2.24) is 10.2 Å². The highest BCUT2D eigenvalue weighted by Gasteiger charge is 2.01. The van der Waals surface area contributed by atoms with E-state index in [9.17, 15) is 4.79 Å². The van der Waals surface area contributed by atoms with Crippen LogP contribution in [-0.4, -0.2) is 16.4 Å². The van der Waals surface area contributed by atoms with E-state index in [0.29, 0.717) is 5.56 Å². The summed E-state index contributed by atoms with van der Waals surface area (Å²) in [5.74, 6) is 0. The number of nitrogens with one attached hydrogen (secondary N) is 2. The Morgan fingerprint density at radius 2 is 1.93 bits per heavy atom. The first-order valence-electron chi connectivity index (χ1n) is 4.64. The topological polar surface area (TPSA) is 61.0 Å². The summed E-state index contributed by atoms with van der Waals surface area (Å²) in [4.78, 5) is 15.5. The van der Waals surface area contributed by atoms with Crippen molar-refractivity contribution in [2.24, 2.45) is 4.99 Å². The van der Waals surface area contributed by atoms with Crippen LogP contribution in [0.25, 0.3) is 0 Å². The fourth-order valence-electron chi connectivity index (χ4n) is 1.26. The van der Waals surface area contributed by atoms with Gasteiger partial charge in [-0.2, -0.15) is 0 Å². The van der Waals surface area contributed by atoms with Gasteiger partial charge in [0.1, 0.15) is 0 Å². The third kappa shape index (κ3) is 2.04. The number of nitrogens with zero attached hydrogens (tertiary/aromatic N) is 1. The lowest BCUT2D eigenvalue weighted by molar-refractivity contribution is 1.02. The molecule has 0 unspecified atom stereocenters. The maximum absolute atomic E-state index is 11.3. The SMILES string of the molecule is Cc1[nH][nH]c(=O)c1C=Nc1ccccc1. The smallest absolute Gasteiger partial charge is 0.272 e. The first kappa shape index (κ1) is 9.45. The molecule has 4 heteroatoms. The van der Waals surface area contributed by atoms with Crippen LogP contribution in [-0.2, 0) is 0 Å². The van der Waals surface area contributed by atoms with Crippen molar-refractivity contribution in [3.05, 3.63) is 51.9 Å². The Morgan fingerprint density at radius 1 is 1.20 bits per heavy atom. The van der Waals surface area contributed by atoms with Gasteiger partial charge in [0.2, 0.25) is 0 Å². The lowest BCUT2D eigenvalue weighted by atomic mass is 10.3. The van der Waals surface area contributed by atoms with E-state index in [-0.39, 0.29) is 5.56 Å². The van der Waals surface area contributed by atoms with Crippen LogP contribution in [0.15, 0.2) is 40.1 Å². The molecular formula is C11H11N3O. The molecule has 0 spiro atoms. The highest BCUT2D eigenvalue weighted by atomic mass is 16.1. The second-order valence-electron chi connectivity index (χ2n) is 3.21. The zero-order valence-electron chi connectivity index (χ0n) is 8.32. The maximum Gasteiger partial charge on any atom is 0.272 e. The number of rotatable bonds is 2. The molecule has 0 saturated carbocycles. The molecule has 15 heavy (non-hydrogen) atoms. The predicted molar refractivity (Wildman–Crippen MR) is 59.8 cm³/mol. The Morgan fingerprint density at radius 3 is 2.53 bits per heavy atom. The van der Waals surface area contributed by atoms with Gasteiger partial charge >= 0.3 is 0 Å². The van der Waals surface area contributed by atoms with E-state index in [4.69, 9.17) is 0 Å². The molecule has 1 aromatic heterocycles. The summed E-state index contributed by atoms with van der Waals surface area (Å²) in [6.45, 7) is 1.82. The average Bonchev–Trinajstić information content (AvgIpc) is 2.58. The van der Waals surface area contributed by atoms with Crippen molar-refractivity contribution in [3.8, 4) is 0 Å². The summed E-state index contributed by atoms with van der Waals surface area (Å²) >= 11 is 0. The number of aromatic amines is 2. The summed E-state index contributed by atoms with van der Waals surface area (Å²) in [5.41, 5.74) is 2.04. The van der Waals surface area contributed by atoms with E-state index in [2.05, 4.69) is 15.2 Å². The molecule has 2 N–H and O–H groups in total. The number of benzene rings is 1. The molecule has 1 aromatic carbocycles. The minimum Gasteiger partial charge on any atom is -0.302 e. The first-order chi connectivity index (χ1) is 7.27. The number of para-hydroxylation sites is 1. The molecule has 0 saturated heterocycles. The van der Waals surface area contributed by atoms with Crippen LogP contribution in [0.2, 0.25) is 0 Å². The summed E-state index contributed by atoms with van der Waals surface area (Å²) in [7, 11) is 0. The van der Waals surface area contributed by atoms with Crippen LogP contribution in [0.3, 0.4) is 0 Å². The number of H-pyrrole nitrogens is 2. The normalized spacial score (nSPS) is 11.0. The number of aliphatic imine (C=N–C) groups is 1. The number of aromatic nitrogens is 2. The predicted octanol–water partition coefficient (Wildman–Crippen LogP) is 1.76.